The topological polar surface area (TPSA) is 107 Å². The molecule has 0 bridgehead atoms. The van der Waals surface area contributed by atoms with E-state index in [1.807, 2.05) is 6.07 Å². The van der Waals surface area contributed by atoms with Gasteiger partial charge in [0.25, 0.3) is 11.8 Å². The SMILES string of the molecule is Cc1cc2[nH]c(NCc3ccc4c(c3)CN(C3(C)CCC(=O)NC3=O)C4=O)nc2cc1C(F)(F)F. The molecule has 0 saturated carbocycles. The molecule has 0 radical (unpaired) electrons. The molecule has 3 N–H and O–H groups in total. The zero-order valence-electron chi connectivity index (χ0n) is 19.0. The first-order valence-corrected chi connectivity index (χ1v) is 11.1. The molecule has 1 saturated heterocycles. The lowest BCUT2D eigenvalue weighted by molar-refractivity contribution is -0.142. The van der Waals surface area contributed by atoms with Gasteiger partial charge in [0.2, 0.25) is 11.9 Å². The van der Waals surface area contributed by atoms with Gasteiger partial charge in [-0.05, 0) is 55.2 Å². The maximum absolute atomic E-state index is 13.2. The van der Waals surface area contributed by atoms with E-state index in [0.29, 0.717) is 23.6 Å². The van der Waals surface area contributed by atoms with Crippen molar-refractivity contribution in [2.24, 2.45) is 0 Å². The smallest absolute Gasteiger partial charge is 0.352 e. The average Bonchev–Trinajstić information content (AvgIpc) is 3.34. The molecule has 1 unspecified atom stereocenters. The minimum absolute atomic E-state index is 0.109. The van der Waals surface area contributed by atoms with Gasteiger partial charge in [-0.15, -0.1) is 0 Å². The number of aryl methyl sites for hydroxylation is 1. The first-order chi connectivity index (χ1) is 16.5. The lowest BCUT2D eigenvalue weighted by Crippen LogP contribution is -2.61. The fourth-order valence-corrected chi connectivity index (χ4v) is 4.67. The fraction of sp³-hybridized carbons (Fsp3) is 0.333. The van der Waals surface area contributed by atoms with Crippen molar-refractivity contribution in [3.63, 3.8) is 0 Å². The highest BCUT2D eigenvalue weighted by Gasteiger charge is 2.48. The predicted octanol–water partition coefficient (Wildman–Crippen LogP) is 3.65. The molecule has 2 aliphatic heterocycles. The molecule has 8 nitrogen and oxygen atoms in total. The van der Waals surface area contributed by atoms with Gasteiger partial charge in [0, 0.05) is 25.1 Å². The van der Waals surface area contributed by atoms with Crippen LogP contribution in [0.15, 0.2) is 30.3 Å². The van der Waals surface area contributed by atoms with Crippen molar-refractivity contribution in [3.05, 3.63) is 58.1 Å². The highest BCUT2D eigenvalue weighted by Crippen LogP contribution is 2.35. The molecule has 3 aromatic rings. The molecule has 1 atom stereocenters. The average molecular weight is 485 g/mol. The summed E-state index contributed by atoms with van der Waals surface area (Å²) in [5.74, 6) is -0.765. The molecular formula is C24H22F3N5O3. The number of anilines is 1. The number of imide groups is 1. The van der Waals surface area contributed by atoms with E-state index in [4.69, 9.17) is 0 Å². The summed E-state index contributed by atoms with van der Waals surface area (Å²) in [7, 11) is 0. The number of piperidine rings is 1. The van der Waals surface area contributed by atoms with E-state index in [1.54, 1.807) is 19.1 Å². The zero-order chi connectivity index (χ0) is 25.1. The summed E-state index contributed by atoms with van der Waals surface area (Å²) in [4.78, 5) is 45.7. The number of nitrogens with zero attached hydrogens (tertiary/aromatic N) is 2. The molecule has 0 spiro atoms. The Morgan fingerprint density at radius 3 is 2.66 bits per heavy atom. The van der Waals surface area contributed by atoms with Crippen LogP contribution in [0.2, 0.25) is 0 Å². The molecule has 5 rings (SSSR count). The summed E-state index contributed by atoms with van der Waals surface area (Å²) in [5, 5.41) is 5.39. The molecule has 1 aromatic heterocycles. The Balaban J connectivity index is 1.32. The quantitative estimate of drug-likeness (QED) is 0.489. The largest absolute Gasteiger partial charge is 0.416 e. The van der Waals surface area contributed by atoms with Crippen LogP contribution < -0.4 is 10.6 Å². The van der Waals surface area contributed by atoms with Crippen molar-refractivity contribution >= 4 is 34.7 Å². The number of nitrogens with one attached hydrogen (secondary N) is 3. The predicted molar refractivity (Wildman–Crippen MR) is 120 cm³/mol. The van der Waals surface area contributed by atoms with Crippen LogP contribution in [0.3, 0.4) is 0 Å². The number of halogens is 3. The second-order valence-electron chi connectivity index (χ2n) is 9.15. The van der Waals surface area contributed by atoms with Crippen molar-refractivity contribution in [2.75, 3.05) is 5.32 Å². The Labute approximate surface area is 197 Å². The van der Waals surface area contributed by atoms with Gasteiger partial charge in [-0.2, -0.15) is 13.2 Å². The van der Waals surface area contributed by atoms with Gasteiger partial charge >= 0.3 is 6.18 Å². The van der Waals surface area contributed by atoms with Crippen molar-refractivity contribution in [2.45, 2.75) is 51.5 Å². The monoisotopic (exact) mass is 485 g/mol. The number of benzene rings is 2. The number of carbonyl (C=O) groups is 3. The van der Waals surface area contributed by atoms with E-state index in [1.165, 1.54) is 17.9 Å². The van der Waals surface area contributed by atoms with Gasteiger partial charge in [-0.25, -0.2) is 4.98 Å². The number of alkyl halides is 3. The second kappa shape index (κ2) is 7.82. The number of amides is 3. The van der Waals surface area contributed by atoms with Crippen LogP contribution in [0.25, 0.3) is 11.0 Å². The highest BCUT2D eigenvalue weighted by atomic mass is 19.4. The van der Waals surface area contributed by atoms with E-state index in [2.05, 4.69) is 20.6 Å². The molecule has 182 valence electrons. The standard InChI is InChI=1S/C24H22F3N5O3/c1-12-7-17-18(9-16(12)24(25,26)27)30-22(29-17)28-10-13-3-4-15-14(8-13)11-32(20(15)34)23(2)6-5-19(33)31-21(23)35/h3-4,7-9H,5-6,10-11H2,1-2H3,(H2,28,29,30)(H,31,33,35). The lowest BCUT2D eigenvalue weighted by atomic mass is 9.89. The van der Waals surface area contributed by atoms with E-state index in [0.717, 1.165) is 17.2 Å². The first-order valence-electron chi connectivity index (χ1n) is 11.1. The summed E-state index contributed by atoms with van der Waals surface area (Å²) in [6, 6.07) is 7.76. The van der Waals surface area contributed by atoms with Crippen molar-refractivity contribution in [1.29, 1.82) is 0 Å². The number of aromatic nitrogens is 2. The second-order valence-corrected chi connectivity index (χ2v) is 9.15. The van der Waals surface area contributed by atoms with E-state index >= 15 is 0 Å². The summed E-state index contributed by atoms with van der Waals surface area (Å²) in [6.45, 7) is 3.62. The highest BCUT2D eigenvalue weighted by molar-refractivity contribution is 6.07. The van der Waals surface area contributed by atoms with Crippen LogP contribution >= 0.6 is 0 Å². The van der Waals surface area contributed by atoms with Crippen molar-refractivity contribution in [3.8, 4) is 0 Å². The Kier molecular flexibility index (Phi) is 5.11. The fourth-order valence-electron chi connectivity index (χ4n) is 4.67. The van der Waals surface area contributed by atoms with E-state index < -0.39 is 23.2 Å². The van der Waals surface area contributed by atoms with Crippen molar-refractivity contribution in [1.82, 2.24) is 20.2 Å². The van der Waals surface area contributed by atoms with Crippen molar-refractivity contribution < 1.29 is 27.6 Å². The van der Waals surface area contributed by atoms with E-state index in [-0.39, 0.29) is 42.3 Å². The van der Waals surface area contributed by atoms with Gasteiger partial charge in [0.15, 0.2) is 0 Å². The zero-order valence-corrected chi connectivity index (χ0v) is 19.0. The maximum atomic E-state index is 13.2. The summed E-state index contributed by atoms with van der Waals surface area (Å²) >= 11 is 0. The van der Waals surface area contributed by atoms with Crippen LogP contribution in [-0.2, 0) is 28.9 Å². The van der Waals surface area contributed by atoms with Crippen LogP contribution in [0.4, 0.5) is 19.1 Å². The Hall–Kier alpha value is -3.89. The van der Waals surface area contributed by atoms with Crippen LogP contribution in [-0.4, -0.2) is 38.1 Å². The van der Waals surface area contributed by atoms with E-state index in [9.17, 15) is 27.6 Å². The molecule has 3 heterocycles. The molecule has 0 aliphatic carbocycles. The Morgan fingerprint density at radius 2 is 1.94 bits per heavy atom. The third-order valence-electron chi connectivity index (χ3n) is 6.74. The molecule has 1 fully saturated rings. The number of aromatic amines is 1. The summed E-state index contributed by atoms with van der Waals surface area (Å²) in [6.07, 6.45) is -4.03. The molecule has 2 aliphatic rings. The summed E-state index contributed by atoms with van der Waals surface area (Å²) < 4.78 is 39.5. The lowest BCUT2D eigenvalue weighted by Gasteiger charge is -2.39. The normalized spacial score (nSPS) is 20.4. The number of imidazole rings is 1. The molecular weight excluding hydrogens is 463 g/mol. The van der Waals surface area contributed by atoms with Gasteiger partial charge in [-0.1, -0.05) is 12.1 Å². The number of hydrogen-bond donors (Lipinski definition) is 3. The minimum atomic E-state index is -4.45. The molecule has 3 amide bonds. The maximum Gasteiger partial charge on any atom is 0.416 e. The van der Waals surface area contributed by atoms with Crippen LogP contribution in [0, 0.1) is 6.92 Å². The van der Waals surface area contributed by atoms with Gasteiger partial charge in [0.05, 0.1) is 16.6 Å². The minimum Gasteiger partial charge on any atom is -0.352 e. The number of hydrogen-bond acceptors (Lipinski definition) is 5. The van der Waals surface area contributed by atoms with Gasteiger partial charge in [-0.3, -0.25) is 19.7 Å². The first kappa shape index (κ1) is 22.9. The number of rotatable bonds is 4. The summed E-state index contributed by atoms with van der Waals surface area (Å²) in [5.41, 5.74) is 1.07. The third-order valence-corrected chi connectivity index (χ3v) is 6.74. The van der Waals surface area contributed by atoms with Crippen LogP contribution in [0.1, 0.15) is 52.4 Å². The van der Waals surface area contributed by atoms with Gasteiger partial charge in [0.1, 0.15) is 5.54 Å². The number of carbonyl (C=O) groups excluding carboxylic acids is 3. The third kappa shape index (κ3) is 3.90. The Bertz CT molecular complexity index is 1400. The number of fused-ring (bicyclic) bond motifs is 2. The van der Waals surface area contributed by atoms with Gasteiger partial charge < -0.3 is 15.2 Å². The van der Waals surface area contributed by atoms with Crippen LogP contribution in [0.5, 0.6) is 0 Å². The molecule has 11 heteroatoms. The number of H-pyrrole nitrogens is 1. The molecule has 35 heavy (non-hydrogen) atoms. The molecule has 2 aromatic carbocycles. The Morgan fingerprint density at radius 1 is 1.17 bits per heavy atom.